The Labute approximate surface area is 232 Å². The molecule has 1 fully saturated rings. The lowest BCUT2D eigenvalue weighted by molar-refractivity contribution is -0.376. The van der Waals surface area contributed by atoms with Crippen LogP contribution < -0.4 is 14.9 Å². The van der Waals surface area contributed by atoms with E-state index < -0.39 is 51.5 Å². The number of aliphatic hydroxyl groups is 2. The summed E-state index contributed by atoms with van der Waals surface area (Å²) in [6.07, 6.45) is -12.8. The first-order valence-electron chi connectivity index (χ1n) is 12.7. The maximum absolute atomic E-state index is 13.8. The molecule has 0 saturated carbocycles. The monoisotopic (exact) mass is 609 g/mol. The van der Waals surface area contributed by atoms with E-state index in [2.05, 4.69) is 10.6 Å². The Morgan fingerprint density at radius 3 is 2.27 bits per heavy atom. The van der Waals surface area contributed by atoms with E-state index in [4.69, 9.17) is 0 Å². The van der Waals surface area contributed by atoms with Gasteiger partial charge in [0, 0.05) is 43.6 Å². The summed E-state index contributed by atoms with van der Waals surface area (Å²) >= 11 is 0. The zero-order chi connectivity index (χ0) is 30.4. The zero-order valence-corrected chi connectivity index (χ0v) is 22.6. The summed E-state index contributed by atoms with van der Waals surface area (Å²) in [5, 5.41) is 25.2. The van der Waals surface area contributed by atoms with Crippen molar-refractivity contribution in [2.75, 3.05) is 24.0 Å². The highest BCUT2D eigenvalue weighted by Crippen LogP contribution is 2.51. The Hall–Kier alpha value is -2.88. The van der Waals surface area contributed by atoms with Gasteiger partial charge < -0.3 is 20.8 Å². The van der Waals surface area contributed by atoms with Crippen molar-refractivity contribution < 1.29 is 49.8 Å². The minimum absolute atomic E-state index is 0.0994. The first-order chi connectivity index (χ1) is 19.0. The highest BCUT2D eigenvalue weighted by molar-refractivity contribution is 7.92. The number of hydrogen-bond acceptors (Lipinski definition) is 6. The molecule has 2 aliphatic heterocycles. The fraction of sp³-hybridized carbons (Fsp3) is 0.500. The van der Waals surface area contributed by atoms with Crippen LogP contribution in [0.1, 0.15) is 29.5 Å². The second-order valence-electron chi connectivity index (χ2n) is 10.3. The molecule has 41 heavy (non-hydrogen) atoms. The van der Waals surface area contributed by atoms with Gasteiger partial charge in [0.25, 0.3) is 15.6 Å². The standard InChI is InChI=1S/C26H29F6N3O5S/c1-15-2-7-20(8-3-15)41(39,40)35-19(11-23(37)34-21-13-33-12-17(21)14-36)6-4-16-10-18(5-9-22(16)35)24(38,25(27,28)29)26(30,31)32/h2-3,5,7-10,17,19,21,33,36,38H,4,6,11-14H2,1H3,(H,34,37)/t17-,19-,21+/m0/s1. The lowest BCUT2D eigenvalue weighted by atomic mass is 9.87. The second-order valence-corrected chi connectivity index (χ2v) is 12.1. The molecule has 2 aromatic rings. The number of sulfonamides is 1. The molecule has 0 radical (unpaired) electrons. The highest BCUT2D eigenvalue weighted by atomic mass is 32.2. The zero-order valence-electron chi connectivity index (χ0n) is 21.8. The van der Waals surface area contributed by atoms with Gasteiger partial charge in [0.2, 0.25) is 5.91 Å². The lowest BCUT2D eigenvalue weighted by Gasteiger charge is -2.39. The van der Waals surface area contributed by atoms with Crippen molar-refractivity contribution in [1.82, 2.24) is 10.6 Å². The van der Waals surface area contributed by atoms with Gasteiger partial charge in [0.15, 0.2) is 0 Å². The fourth-order valence-corrected chi connectivity index (χ4v) is 6.97. The van der Waals surface area contributed by atoms with Gasteiger partial charge in [-0.1, -0.05) is 29.8 Å². The van der Waals surface area contributed by atoms with E-state index in [-0.39, 0.29) is 47.9 Å². The predicted molar refractivity (Wildman–Crippen MR) is 135 cm³/mol. The Morgan fingerprint density at radius 1 is 1.05 bits per heavy atom. The molecule has 0 spiro atoms. The molecule has 3 atom stereocenters. The van der Waals surface area contributed by atoms with Crippen LogP contribution in [0.5, 0.6) is 0 Å². The number of anilines is 1. The largest absolute Gasteiger partial charge is 0.430 e. The number of carbonyl (C=O) groups excluding carboxylic acids is 1. The van der Waals surface area contributed by atoms with Crippen LogP contribution in [0.25, 0.3) is 0 Å². The molecule has 2 aromatic carbocycles. The van der Waals surface area contributed by atoms with Gasteiger partial charge in [-0.25, -0.2) is 8.42 Å². The minimum atomic E-state index is -6.11. The second kappa shape index (κ2) is 11.1. The van der Waals surface area contributed by atoms with Crippen molar-refractivity contribution in [3.63, 3.8) is 0 Å². The predicted octanol–water partition coefficient (Wildman–Crippen LogP) is 2.90. The molecule has 0 bridgehead atoms. The highest BCUT2D eigenvalue weighted by Gasteiger charge is 2.71. The third-order valence-electron chi connectivity index (χ3n) is 7.55. The van der Waals surface area contributed by atoms with Crippen LogP contribution in [-0.2, 0) is 26.8 Å². The van der Waals surface area contributed by atoms with Crippen LogP contribution in [-0.4, -0.2) is 68.7 Å². The topological polar surface area (TPSA) is 119 Å². The van der Waals surface area contributed by atoms with Crippen LogP contribution >= 0.6 is 0 Å². The fourth-order valence-electron chi connectivity index (χ4n) is 5.26. The van der Waals surface area contributed by atoms with E-state index in [0.29, 0.717) is 25.2 Å². The Bertz CT molecular complexity index is 1370. The average Bonchev–Trinajstić information content (AvgIpc) is 3.33. The maximum atomic E-state index is 13.8. The number of nitrogens with one attached hydrogen (secondary N) is 2. The number of nitrogens with zero attached hydrogens (tertiary/aromatic N) is 1. The number of aliphatic hydroxyl groups excluding tert-OH is 1. The molecular weight excluding hydrogens is 580 g/mol. The van der Waals surface area contributed by atoms with Crippen LogP contribution in [0.4, 0.5) is 32.0 Å². The van der Waals surface area contributed by atoms with Crippen molar-refractivity contribution in [3.8, 4) is 0 Å². The number of halogens is 6. The van der Waals surface area contributed by atoms with Crippen LogP contribution in [0.2, 0.25) is 0 Å². The van der Waals surface area contributed by atoms with Crippen LogP contribution in [0, 0.1) is 12.8 Å². The van der Waals surface area contributed by atoms with E-state index in [1.54, 1.807) is 6.92 Å². The van der Waals surface area contributed by atoms with Gasteiger partial charge in [0.1, 0.15) is 0 Å². The summed E-state index contributed by atoms with van der Waals surface area (Å²) in [6, 6.07) is 5.96. The molecule has 2 heterocycles. The van der Waals surface area contributed by atoms with Crippen LogP contribution in [0.15, 0.2) is 47.4 Å². The molecular formula is C26H29F6N3O5S. The lowest BCUT2D eigenvalue weighted by Crippen LogP contribution is -2.54. The molecule has 0 aliphatic carbocycles. The number of alkyl halides is 6. The van der Waals surface area contributed by atoms with Crippen molar-refractivity contribution in [3.05, 3.63) is 59.2 Å². The molecule has 1 saturated heterocycles. The third-order valence-corrected chi connectivity index (χ3v) is 9.43. The molecule has 4 rings (SSSR count). The molecule has 4 N–H and O–H groups in total. The SMILES string of the molecule is Cc1ccc(S(=O)(=O)N2c3ccc(C(O)(C(F)(F)F)C(F)(F)F)cc3CC[C@H]2CC(=O)N[C@@H]2CNC[C@H]2CO)cc1. The minimum Gasteiger partial charge on any atom is -0.396 e. The summed E-state index contributed by atoms with van der Waals surface area (Å²) in [5.74, 6) is -0.785. The van der Waals surface area contributed by atoms with E-state index in [1.807, 2.05) is 0 Å². The quantitative estimate of drug-likeness (QED) is 0.359. The molecule has 226 valence electrons. The van der Waals surface area contributed by atoms with E-state index >= 15 is 0 Å². The van der Waals surface area contributed by atoms with Gasteiger partial charge in [-0.3, -0.25) is 9.10 Å². The normalized spacial score (nSPS) is 22.0. The van der Waals surface area contributed by atoms with E-state index in [9.17, 15) is 49.8 Å². The number of fused-ring (bicyclic) bond motifs is 1. The summed E-state index contributed by atoms with van der Waals surface area (Å²) in [6.45, 7) is 2.39. The van der Waals surface area contributed by atoms with Crippen molar-refractivity contribution in [2.24, 2.45) is 5.92 Å². The van der Waals surface area contributed by atoms with Crippen molar-refractivity contribution >= 4 is 21.6 Å². The number of amides is 1. The van der Waals surface area contributed by atoms with Crippen LogP contribution in [0.3, 0.4) is 0 Å². The molecule has 15 heteroatoms. The maximum Gasteiger partial charge on any atom is 0.430 e. The molecule has 2 aliphatic rings. The number of benzene rings is 2. The number of aryl methyl sites for hydroxylation is 2. The Kier molecular flexibility index (Phi) is 8.39. The number of carbonyl (C=O) groups is 1. The smallest absolute Gasteiger partial charge is 0.396 e. The first-order valence-corrected chi connectivity index (χ1v) is 14.2. The summed E-state index contributed by atoms with van der Waals surface area (Å²) < 4.78 is 110. The van der Waals surface area contributed by atoms with Crippen molar-refractivity contribution in [2.45, 2.75) is 61.1 Å². The summed E-state index contributed by atoms with van der Waals surface area (Å²) in [5.41, 5.74) is -6.29. The Morgan fingerprint density at radius 2 is 1.68 bits per heavy atom. The molecule has 0 aromatic heterocycles. The van der Waals surface area contributed by atoms with E-state index in [1.165, 1.54) is 24.3 Å². The number of hydrogen-bond donors (Lipinski definition) is 4. The molecule has 1 amide bonds. The third kappa shape index (κ3) is 5.76. The summed E-state index contributed by atoms with van der Waals surface area (Å²) in [7, 11) is -4.44. The van der Waals surface area contributed by atoms with Gasteiger partial charge in [0.05, 0.1) is 16.6 Å². The number of rotatable bonds is 7. The molecule has 0 unspecified atom stereocenters. The summed E-state index contributed by atoms with van der Waals surface area (Å²) in [4.78, 5) is 12.8. The van der Waals surface area contributed by atoms with E-state index in [0.717, 1.165) is 15.9 Å². The van der Waals surface area contributed by atoms with Crippen molar-refractivity contribution in [1.29, 1.82) is 0 Å². The first kappa shape index (κ1) is 31.1. The van der Waals surface area contributed by atoms with Gasteiger partial charge >= 0.3 is 12.4 Å². The van der Waals surface area contributed by atoms with Gasteiger partial charge in [-0.15, -0.1) is 0 Å². The Balaban J connectivity index is 1.76. The average molecular weight is 610 g/mol. The van der Waals surface area contributed by atoms with Gasteiger partial charge in [-0.2, -0.15) is 26.3 Å². The van der Waals surface area contributed by atoms with Gasteiger partial charge in [-0.05, 0) is 43.5 Å². The molecule has 8 nitrogen and oxygen atoms in total.